The first-order valence-corrected chi connectivity index (χ1v) is 16.6. The first-order chi connectivity index (χ1) is 22.8. The molecule has 10 nitrogen and oxygen atoms in total. The number of hydrogen-bond donors (Lipinski definition) is 2. The van der Waals surface area contributed by atoms with Crippen molar-refractivity contribution in [3.8, 4) is 11.1 Å². The summed E-state index contributed by atoms with van der Waals surface area (Å²) in [4.78, 5) is 38.0. The van der Waals surface area contributed by atoms with Crippen molar-refractivity contribution in [2.75, 3.05) is 54.9 Å². The number of hydrogen-bond acceptors (Lipinski definition) is 7. The van der Waals surface area contributed by atoms with Crippen LogP contribution in [-0.2, 0) is 33.0 Å². The lowest BCUT2D eigenvalue weighted by Gasteiger charge is -2.31. The number of benzene rings is 1. The SMILES string of the molecule is CN1CC2CN(c3ccc(Nc4cc(-c5cc(F)cc(N6CCn7c(cc8c7CCCC8)C6=O)c5CO)cn(C)c4=O)nc3)CC2C1. The largest absolute Gasteiger partial charge is 0.392 e. The molecule has 2 unspecified atom stereocenters. The van der Waals surface area contributed by atoms with Crippen molar-refractivity contribution < 1.29 is 14.3 Å². The highest BCUT2D eigenvalue weighted by molar-refractivity contribution is 6.07. The molecule has 3 aliphatic heterocycles. The van der Waals surface area contributed by atoms with Crippen LogP contribution in [0.3, 0.4) is 0 Å². The Labute approximate surface area is 273 Å². The molecule has 8 rings (SSSR count). The van der Waals surface area contributed by atoms with Crippen molar-refractivity contribution in [1.29, 1.82) is 0 Å². The number of rotatable bonds is 6. The zero-order chi connectivity index (χ0) is 32.4. The summed E-state index contributed by atoms with van der Waals surface area (Å²) in [6, 6.07) is 10.2. The molecule has 4 aromatic rings. The third kappa shape index (κ3) is 5.21. The van der Waals surface area contributed by atoms with E-state index < -0.39 is 12.4 Å². The van der Waals surface area contributed by atoms with E-state index >= 15 is 4.39 Å². The molecule has 0 radical (unpaired) electrons. The fraction of sp³-hybridized carbons (Fsp3) is 0.417. The minimum atomic E-state index is -0.529. The number of aliphatic hydroxyl groups is 1. The summed E-state index contributed by atoms with van der Waals surface area (Å²) in [5.74, 6) is 1.16. The Morgan fingerprint density at radius 3 is 2.51 bits per heavy atom. The van der Waals surface area contributed by atoms with Gasteiger partial charge < -0.3 is 34.3 Å². The van der Waals surface area contributed by atoms with Crippen LogP contribution in [0, 0.1) is 17.7 Å². The molecule has 4 aliphatic rings. The fourth-order valence-corrected chi connectivity index (χ4v) is 8.33. The summed E-state index contributed by atoms with van der Waals surface area (Å²) in [6.45, 7) is 4.88. The van der Waals surface area contributed by atoms with E-state index in [9.17, 15) is 14.7 Å². The first kappa shape index (κ1) is 29.9. The summed E-state index contributed by atoms with van der Waals surface area (Å²) in [5.41, 5.74) is 5.88. The standard InChI is InChI=1S/C36H40FN7O3/c1-40-16-24-19-42(20-25(24)17-40)27-7-8-34(38-15-27)39-30-11-23(18-41(2)35(30)46)28-13-26(37)14-32(29(28)21-45)44-10-9-43-31-6-4-3-5-22(31)12-33(43)36(44)47/h7-8,11-15,18,24-25,45H,3-6,9-10,16-17,19-21H2,1-2H3,(H,38,39). The summed E-state index contributed by atoms with van der Waals surface area (Å²) in [5, 5.41) is 13.8. The molecule has 0 saturated carbocycles. The van der Waals surface area contributed by atoms with E-state index in [0.29, 0.717) is 58.8 Å². The van der Waals surface area contributed by atoms with Crippen LogP contribution < -0.4 is 20.7 Å². The zero-order valence-corrected chi connectivity index (χ0v) is 26.9. The molecule has 1 aliphatic carbocycles. The first-order valence-electron chi connectivity index (χ1n) is 16.6. The van der Waals surface area contributed by atoms with Gasteiger partial charge in [0.15, 0.2) is 0 Å². The van der Waals surface area contributed by atoms with E-state index in [-0.39, 0.29) is 17.2 Å². The molecule has 11 heteroatoms. The number of carbonyl (C=O) groups excluding carboxylic acids is 1. The second kappa shape index (κ2) is 11.6. The maximum absolute atomic E-state index is 15.4. The molecule has 1 aromatic carbocycles. The van der Waals surface area contributed by atoms with E-state index in [1.54, 1.807) is 24.2 Å². The second-order valence-electron chi connectivity index (χ2n) is 13.7. The van der Waals surface area contributed by atoms with Gasteiger partial charge in [-0.15, -0.1) is 0 Å². The number of aromatic nitrogens is 3. The highest BCUT2D eigenvalue weighted by Crippen LogP contribution is 2.37. The molecule has 2 saturated heterocycles. The molecular weight excluding hydrogens is 597 g/mol. The van der Waals surface area contributed by atoms with E-state index in [4.69, 9.17) is 0 Å². The Bertz CT molecular complexity index is 1920. The van der Waals surface area contributed by atoms with Gasteiger partial charge >= 0.3 is 0 Å². The number of carbonyl (C=O) groups is 1. The van der Waals surface area contributed by atoms with Crippen LogP contribution in [0.4, 0.5) is 27.3 Å². The number of nitrogens with one attached hydrogen (secondary N) is 1. The van der Waals surface area contributed by atoms with E-state index in [1.165, 1.54) is 28.0 Å². The van der Waals surface area contributed by atoms with Gasteiger partial charge in [0.1, 0.15) is 23.0 Å². The molecule has 0 bridgehead atoms. The van der Waals surface area contributed by atoms with Crippen LogP contribution in [0.25, 0.3) is 11.1 Å². The second-order valence-corrected chi connectivity index (χ2v) is 13.7. The van der Waals surface area contributed by atoms with E-state index in [2.05, 4.69) is 31.7 Å². The lowest BCUT2D eigenvalue weighted by Crippen LogP contribution is -2.41. The molecule has 3 aromatic heterocycles. The smallest absolute Gasteiger partial charge is 0.274 e. The Kier molecular flexibility index (Phi) is 7.40. The molecule has 2 atom stereocenters. The highest BCUT2D eigenvalue weighted by Gasteiger charge is 2.39. The maximum Gasteiger partial charge on any atom is 0.274 e. The van der Waals surface area contributed by atoms with Gasteiger partial charge in [-0.25, -0.2) is 9.37 Å². The monoisotopic (exact) mass is 637 g/mol. The van der Waals surface area contributed by atoms with Crippen LogP contribution in [0.5, 0.6) is 0 Å². The van der Waals surface area contributed by atoms with Crippen molar-refractivity contribution in [2.45, 2.75) is 38.8 Å². The fourth-order valence-electron chi connectivity index (χ4n) is 8.33. The summed E-state index contributed by atoms with van der Waals surface area (Å²) < 4.78 is 18.9. The van der Waals surface area contributed by atoms with Crippen LogP contribution in [0.1, 0.15) is 40.2 Å². The average molecular weight is 638 g/mol. The minimum Gasteiger partial charge on any atom is -0.392 e. The Morgan fingerprint density at radius 1 is 0.979 bits per heavy atom. The maximum atomic E-state index is 15.4. The van der Waals surface area contributed by atoms with E-state index in [1.807, 2.05) is 24.4 Å². The number of fused-ring (bicyclic) bond motifs is 4. The van der Waals surface area contributed by atoms with Gasteiger partial charge in [-0.3, -0.25) is 9.59 Å². The number of aryl methyl sites for hydroxylation is 2. The predicted octanol–water partition coefficient (Wildman–Crippen LogP) is 4.16. The molecule has 2 fully saturated rings. The van der Waals surface area contributed by atoms with Crippen molar-refractivity contribution in [3.63, 3.8) is 0 Å². The van der Waals surface area contributed by atoms with Crippen molar-refractivity contribution in [1.82, 2.24) is 19.0 Å². The average Bonchev–Trinajstić information content (AvgIpc) is 3.75. The number of halogens is 1. The normalized spacial score (nSPS) is 20.8. The molecule has 244 valence electrons. The molecular formula is C36H40FN7O3. The number of likely N-dealkylation sites (tertiary alicyclic amines) is 1. The number of aliphatic hydroxyl groups excluding tert-OH is 1. The predicted molar refractivity (Wildman–Crippen MR) is 180 cm³/mol. The van der Waals surface area contributed by atoms with Crippen LogP contribution >= 0.6 is 0 Å². The van der Waals surface area contributed by atoms with Crippen molar-refractivity contribution >= 4 is 28.8 Å². The molecule has 47 heavy (non-hydrogen) atoms. The third-order valence-corrected chi connectivity index (χ3v) is 10.6. The third-order valence-electron chi connectivity index (χ3n) is 10.6. The quantitative estimate of drug-likeness (QED) is 0.328. The number of pyridine rings is 2. The Morgan fingerprint density at radius 2 is 1.77 bits per heavy atom. The van der Waals surface area contributed by atoms with Gasteiger partial charge in [0.2, 0.25) is 0 Å². The summed E-state index contributed by atoms with van der Waals surface area (Å²) in [6.07, 6.45) is 7.63. The molecule has 2 N–H and O–H groups in total. The lowest BCUT2D eigenvalue weighted by molar-refractivity contribution is 0.0964. The summed E-state index contributed by atoms with van der Waals surface area (Å²) >= 11 is 0. The van der Waals surface area contributed by atoms with Crippen molar-refractivity contribution in [3.05, 3.63) is 87.5 Å². The Balaban J connectivity index is 1.08. The molecule has 1 amide bonds. The van der Waals surface area contributed by atoms with Gasteiger partial charge in [0.05, 0.1) is 24.2 Å². The van der Waals surface area contributed by atoms with Crippen LogP contribution in [-0.4, -0.2) is 69.8 Å². The van der Waals surface area contributed by atoms with Crippen LogP contribution in [0.15, 0.2) is 53.6 Å². The lowest BCUT2D eigenvalue weighted by atomic mass is 9.97. The number of nitrogens with zero attached hydrogens (tertiary/aromatic N) is 6. The van der Waals surface area contributed by atoms with Gasteiger partial charge in [0.25, 0.3) is 11.5 Å². The van der Waals surface area contributed by atoms with Gasteiger partial charge in [-0.2, -0.15) is 0 Å². The highest BCUT2D eigenvalue weighted by atomic mass is 19.1. The summed E-state index contributed by atoms with van der Waals surface area (Å²) in [7, 11) is 3.82. The Hall–Kier alpha value is -4.48. The van der Waals surface area contributed by atoms with E-state index in [0.717, 1.165) is 57.5 Å². The van der Waals surface area contributed by atoms with Gasteiger partial charge in [-0.1, -0.05) is 0 Å². The zero-order valence-electron chi connectivity index (χ0n) is 26.9. The van der Waals surface area contributed by atoms with Crippen LogP contribution in [0.2, 0.25) is 0 Å². The molecule has 0 spiro atoms. The van der Waals surface area contributed by atoms with Gasteiger partial charge in [-0.05, 0) is 92.1 Å². The molecule has 6 heterocycles. The number of anilines is 4. The van der Waals surface area contributed by atoms with Crippen molar-refractivity contribution in [2.24, 2.45) is 18.9 Å². The minimum absolute atomic E-state index is 0.196. The van der Waals surface area contributed by atoms with Gasteiger partial charge in [0, 0.05) is 69.3 Å². The number of amides is 1. The topological polar surface area (TPSA) is 98.9 Å².